The van der Waals surface area contributed by atoms with Crippen LogP contribution in [-0.4, -0.2) is 37.5 Å². The monoisotopic (exact) mass is 294 g/mol. The zero-order valence-electron chi connectivity index (χ0n) is 10.5. The Hall–Kier alpha value is -0.780. The Morgan fingerprint density at radius 3 is 2.47 bits per heavy atom. The molecule has 1 N–H and O–H groups in total. The summed E-state index contributed by atoms with van der Waals surface area (Å²) in [4.78, 5) is 2.00. The van der Waals surface area contributed by atoms with Crippen LogP contribution in [0.15, 0.2) is 24.3 Å². The smallest absolute Gasteiger partial charge is 0.240 e. The Morgan fingerprint density at radius 1 is 1.21 bits per heavy atom. The van der Waals surface area contributed by atoms with Crippen molar-refractivity contribution in [2.45, 2.75) is 18.9 Å². The van der Waals surface area contributed by atoms with E-state index in [2.05, 4.69) is 5.32 Å². The van der Waals surface area contributed by atoms with Crippen molar-refractivity contribution in [3.05, 3.63) is 35.6 Å². The summed E-state index contributed by atoms with van der Waals surface area (Å²) in [5.74, 6) is -0.373. The van der Waals surface area contributed by atoms with Gasteiger partial charge in [-0.05, 0) is 17.7 Å². The number of nitrogens with zero attached hydrogens (tertiary/aromatic N) is 1. The van der Waals surface area contributed by atoms with E-state index < -0.39 is 12.5 Å². The summed E-state index contributed by atoms with van der Waals surface area (Å²) in [6.45, 7) is 3.01. The van der Waals surface area contributed by atoms with Crippen LogP contribution in [0.4, 0.5) is 13.2 Å². The van der Waals surface area contributed by atoms with Gasteiger partial charge in [-0.3, -0.25) is 4.90 Å². The lowest BCUT2D eigenvalue weighted by Gasteiger charge is -2.35. The third kappa shape index (κ3) is 4.67. The van der Waals surface area contributed by atoms with Crippen molar-refractivity contribution in [2.75, 3.05) is 26.2 Å². The largest absolute Gasteiger partial charge is 0.314 e. The van der Waals surface area contributed by atoms with Crippen LogP contribution in [0.2, 0.25) is 0 Å². The van der Waals surface area contributed by atoms with Crippen LogP contribution in [0, 0.1) is 5.82 Å². The predicted molar refractivity (Wildman–Crippen MR) is 71.5 cm³/mol. The number of rotatable bonds is 4. The number of piperazine rings is 1. The summed E-state index contributed by atoms with van der Waals surface area (Å²) >= 11 is 0. The van der Waals surface area contributed by atoms with Crippen molar-refractivity contribution in [3.8, 4) is 0 Å². The lowest BCUT2D eigenvalue weighted by atomic mass is 10.0. The highest BCUT2D eigenvalue weighted by Crippen LogP contribution is 2.27. The van der Waals surface area contributed by atoms with Crippen molar-refractivity contribution in [1.82, 2.24) is 10.2 Å². The fourth-order valence-corrected chi connectivity index (χ4v) is 2.37. The Morgan fingerprint density at radius 2 is 1.89 bits per heavy atom. The molecule has 1 heterocycles. The fourth-order valence-electron chi connectivity index (χ4n) is 2.37. The maximum absolute atomic E-state index is 13.2. The second-order valence-corrected chi connectivity index (χ2v) is 4.48. The molecule has 0 radical (unpaired) electrons. The maximum Gasteiger partial charge on any atom is 0.240 e. The average Bonchev–Trinajstić information content (AvgIpc) is 2.37. The molecule has 0 unspecified atom stereocenters. The van der Waals surface area contributed by atoms with Crippen LogP contribution >= 0.6 is 12.4 Å². The molecule has 2 nitrogen and oxygen atoms in total. The number of nitrogens with one attached hydrogen (secondary N) is 1. The number of hydrogen-bond donors (Lipinski definition) is 1. The third-order valence-electron chi connectivity index (χ3n) is 3.23. The number of alkyl halides is 2. The van der Waals surface area contributed by atoms with Crippen LogP contribution in [0.5, 0.6) is 0 Å². The van der Waals surface area contributed by atoms with Gasteiger partial charge in [0.25, 0.3) is 0 Å². The minimum absolute atomic E-state index is 0. The van der Waals surface area contributed by atoms with Gasteiger partial charge in [-0.2, -0.15) is 0 Å². The Bertz CT molecular complexity index is 384. The lowest BCUT2D eigenvalue weighted by molar-refractivity contribution is 0.0738. The van der Waals surface area contributed by atoms with E-state index in [1.165, 1.54) is 12.1 Å². The summed E-state index contributed by atoms with van der Waals surface area (Å²) in [6, 6.07) is 5.59. The molecule has 6 heteroatoms. The highest BCUT2D eigenvalue weighted by molar-refractivity contribution is 5.85. The zero-order valence-corrected chi connectivity index (χ0v) is 11.3. The molecule has 108 valence electrons. The van der Waals surface area contributed by atoms with E-state index in [0.29, 0.717) is 18.7 Å². The molecule has 0 spiro atoms. The molecule has 1 atom stereocenters. The Labute approximate surface area is 117 Å². The molecule has 2 rings (SSSR count). The molecule has 0 aromatic heterocycles. The number of hydrogen-bond acceptors (Lipinski definition) is 2. The molecule has 1 aliphatic rings. The van der Waals surface area contributed by atoms with E-state index in [-0.39, 0.29) is 24.6 Å². The molecule has 1 saturated heterocycles. The van der Waals surface area contributed by atoms with Gasteiger partial charge in [0.1, 0.15) is 5.82 Å². The van der Waals surface area contributed by atoms with E-state index in [4.69, 9.17) is 0 Å². The van der Waals surface area contributed by atoms with Crippen molar-refractivity contribution in [2.24, 2.45) is 0 Å². The van der Waals surface area contributed by atoms with Gasteiger partial charge in [0.05, 0.1) is 0 Å². The van der Waals surface area contributed by atoms with Gasteiger partial charge >= 0.3 is 0 Å². The van der Waals surface area contributed by atoms with Crippen molar-refractivity contribution in [3.63, 3.8) is 0 Å². The number of benzene rings is 1. The molecule has 1 aliphatic heterocycles. The van der Waals surface area contributed by atoms with Crippen molar-refractivity contribution < 1.29 is 13.2 Å². The highest BCUT2D eigenvalue weighted by atomic mass is 35.5. The molecular weight excluding hydrogens is 277 g/mol. The quantitative estimate of drug-likeness (QED) is 0.919. The fraction of sp³-hybridized carbons (Fsp3) is 0.538. The van der Waals surface area contributed by atoms with Gasteiger partial charge < -0.3 is 5.32 Å². The van der Waals surface area contributed by atoms with Crippen LogP contribution in [0.1, 0.15) is 18.0 Å². The van der Waals surface area contributed by atoms with Crippen LogP contribution in [0.25, 0.3) is 0 Å². The van der Waals surface area contributed by atoms with E-state index >= 15 is 0 Å². The van der Waals surface area contributed by atoms with E-state index in [1.807, 2.05) is 4.90 Å². The van der Waals surface area contributed by atoms with Crippen LogP contribution in [0.3, 0.4) is 0 Å². The van der Waals surface area contributed by atoms with Gasteiger partial charge in [-0.15, -0.1) is 12.4 Å². The minimum Gasteiger partial charge on any atom is -0.314 e. The second-order valence-electron chi connectivity index (χ2n) is 4.48. The standard InChI is InChI=1S/C13H17F3N2.ClH/c14-11-3-1-2-10(8-11)12(9-13(15)16)18-6-4-17-5-7-18;/h1-3,8,12-13,17H,4-7,9H2;1H/t12-;/m1./s1. The first-order valence-electron chi connectivity index (χ1n) is 6.15. The molecule has 1 aromatic carbocycles. The predicted octanol–water partition coefficient (Wildman–Crippen LogP) is 2.85. The first-order chi connectivity index (χ1) is 8.66. The first kappa shape index (κ1) is 16.3. The minimum atomic E-state index is -2.38. The molecule has 0 amide bonds. The van der Waals surface area contributed by atoms with Gasteiger partial charge in [0.2, 0.25) is 6.43 Å². The van der Waals surface area contributed by atoms with E-state index in [1.54, 1.807) is 12.1 Å². The van der Waals surface area contributed by atoms with E-state index in [9.17, 15) is 13.2 Å². The third-order valence-corrected chi connectivity index (χ3v) is 3.23. The molecule has 1 aromatic rings. The summed E-state index contributed by atoms with van der Waals surface area (Å²) in [5.41, 5.74) is 0.636. The summed E-state index contributed by atoms with van der Waals surface area (Å²) in [7, 11) is 0. The maximum atomic E-state index is 13.2. The van der Waals surface area contributed by atoms with Gasteiger partial charge in [0, 0.05) is 38.6 Å². The second kappa shape index (κ2) is 7.72. The normalized spacial score (nSPS) is 18.1. The molecular formula is C13H18ClF3N2. The summed E-state index contributed by atoms with van der Waals surface area (Å²) in [6.07, 6.45) is -2.63. The van der Waals surface area contributed by atoms with Crippen LogP contribution < -0.4 is 5.32 Å². The Kier molecular flexibility index (Phi) is 6.62. The summed E-state index contributed by atoms with van der Waals surface area (Å²) < 4.78 is 38.6. The lowest BCUT2D eigenvalue weighted by Crippen LogP contribution is -2.45. The van der Waals surface area contributed by atoms with Crippen LogP contribution in [-0.2, 0) is 0 Å². The van der Waals surface area contributed by atoms with Gasteiger partial charge in [-0.1, -0.05) is 12.1 Å². The molecule has 1 fully saturated rings. The molecule has 19 heavy (non-hydrogen) atoms. The van der Waals surface area contributed by atoms with Gasteiger partial charge in [0.15, 0.2) is 0 Å². The molecule has 0 saturated carbocycles. The molecule has 0 aliphatic carbocycles. The first-order valence-corrected chi connectivity index (χ1v) is 6.15. The van der Waals surface area contributed by atoms with Crippen molar-refractivity contribution >= 4 is 12.4 Å². The average molecular weight is 295 g/mol. The molecule has 0 bridgehead atoms. The SMILES string of the molecule is Cl.Fc1cccc([C@@H](CC(F)F)N2CCNCC2)c1. The number of halogens is 4. The zero-order chi connectivity index (χ0) is 13.0. The van der Waals surface area contributed by atoms with Gasteiger partial charge in [-0.25, -0.2) is 13.2 Å². The summed E-state index contributed by atoms with van der Waals surface area (Å²) in [5, 5.41) is 3.18. The van der Waals surface area contributed by atoms with E-state index in [0.717, 1.165) is 13.1 Å². The topological polar surface area (TPSA) is 15.3 Å². The Balaban J connectivity index is 0.00000180. The highest BCUT2D eigenvalue weighted by Gasteiger charge is 2.25. The van der Waals surface area contributed by atoms with Crippen molar-refractivity contribution in [1.29, 1.82) is 0 Å².